The Bertz CT molecular complexity index is 591. The van der Waals surface area contributed by atoms with Crippen LogP contribution in [0, 0.1) is 9.98 Å². The van der Waals surface area contributed by atoms with E-state index in [9.17, 15) is 5.21 Å². The standard InChI is InChI=1S/C9H11N5O2S/c1-12-9(17)14(4-5-15)8(11-12)7-6-13(16)3-2-10-7/h2-3,6,15H,4-5H2,1H3. The molecule has 0 amide bonds. The molecule has 0 aliphatic rings. The second kappa shape index (κ2) is 4.60. The summed E-state index contributed by atoms with van der Waals surface area (Å²) in [7, 11) is 1.70. The molecule has 0 saturated carbocycles. The van der Waals surface area contributed by atoms with E-state index in [0.29, 0.717) is 27.6 Å². The molecule has 2 heterocycles. The van der Waals surface area contributed by atoms with Gasteiger partial charge in [-0.1, -0.05) is 0 Å². The van der Waals surface area contributed by atoms with Crippen LogP contribution in [0.15, 0.2) is 18.6 Å². The highest BCUT2D eigenvalue weighted by Gasteiger charge is 2.14. The summed E-state index contributed by atoms with van der Waals surface area (Å²) in [5.74, 6) is 0.469. The molecular weight excluding hydrogens is 242 g/mol. The largest absolute Gasteiger partial charge is 0.619 e. The van der Waals surface area contributed by atoms with Crippen LogP contribution in [0.1, 0.15) is 0 Å². The highest BCUT2D eigenvalue weighted by atomic mass is 32.1. The number of aliphatic hydroxyl groups is 1. The van der Waals surface area contributed by atoms with Crippen LogP contribution in [0.4, 0.5) is 0 Å². The Balaban J connectivity index is 2.59. The molecule has 0 aliphatic carbocycles. The van der Waals surface area contributed by atoms with Crippen molar-refractivity contribution in [1.82, 2.24) is 19.3 Å². The number of aryl methyl sites for hydroxylation is 1. The zero-order valence-corrected chi connectivity index (χ0v) is 9.96. The molecule has 0 fully saturated rings. The second-order valence-electron chi connectivity index (χ2n) is 3.41. The number of hydrogen-bond acceptors (Lipinski definition) is 5. The molecule has 17 heavy (non-hydrogen) atoms. The maximum atomic E-state index is 11.2. The third kappa shape index (κ3) is 2.17. The van der Waals surface area contributed by atoms with Gasteiger partial charge in [0.2, 0.25) is 6.20 Å². The Hall–Kier alpha value is -1.80. The van der Waals surface area contributed by atoms with Crippen molar-refractivity contribution < 1.29 is 9.84 Å². The van der Waals surface area contributed by atoms with Gasteiger partial charge in [0.05, 0.1) is 19.3 Å². The summed E-state index contributed by atoms with van der Waals surface area (Å²) in [5.41, 5.74) is 0.419. The Labute approximate surface area is 102 Å². The second-order valence-corrected chi connectivity index (χ2v) is 3.77. The van der Waals surface area contributed by atoms with E-state index in [0.717, 1.165) is 0 Å². The van der Waals surface area contributed by atoms with E-state index >= 15 is 0 Å². The highest BCUT2D eigenvalue weighted by molar-refractivity contribution is 7.71. The Morgan fingerprint density at radius 3 is 3.00 bits per heavy atom. The first kappa shape index (κ1) is 11.7. The number of aliphatic hydroxyl groups excluding tert-OH is 1. The highest BCUT2D eigenvalue weighted by Crippen LogP contribution is 2.13. The van der Waals surface area contributed by atoms with E-state index in [4.69, 9.17) is 17.3 Å². The van der Waals surface area contributed by atoms with Crippen LogP contribution in [0.5, 0.6) is 0 Å². The molecule has 0 aliphatic heterocycles. The van der Waals surface area contributed by atoms with Crippen LogP contribution in [-0.4, -0.2) is 31.0 Å². The summed E-state index contributed by atoms with van der Waals surface area (Å²) in [4.78, 5) is 4.06. The van der Waals surface area contributed by atoms with Gasteiger partial charge in [-0.25, -0.2) is 9.67 Å². The molecule has 1 N–H and O–H groups in total. The fraction of sp³-hybridized carbons (Fsp3) is 0.333. The average Bonchev–Trinajstić information content (AvgIpc) is 2.58. The number of aromatic nitrogens is 5. The van der Waals surface area contributed by atoms with Gasteiger partial charge in [-0.05, 0) is 12.2 Å². The Morgan fingerprint density at radius 2 is 2.35 bits per heavy atom. The van der Waals surface area contributed by atoms with Gasteiger partial charge in [0, 0.05) is 7.05 Å². The molecule has 0 aromatic carbocycles. The molecule has 0 spiro atoms. The van der Waals surface area contributed by atoms with Crippen LogP contribution >= 0.6 is 12.2 Å². The van der Waals surface area contributed by atoms with Gasteiger partial charge in [-0.15, -0.1) is 5.10 Å². The summed E-state index contributed by atoms with van der Waals surface area (Å²) in [6.07, 6.45) is 3.99. The lowest BCUT2D eigenvalue weighted by Crippen LogP contribution is -2.25. The van der Waals surface area contributed by atoms with Gasteiger partial charge in [-0.3, -0.25) is 4.57 Å². The van der Waals surface area contributed by atoms with E-state index < -0.39 is 0 Å². The zero-order valence-electron chi connectivity index (χ0n) is 9.15. The molecule has 8 heteroatoms. The van der Waals surface area contributed by atoms with E-state index in [1.54, 1.807) is 11.6 Å². The molecule has 0 atom stereocenters. The third-order valence-electron chi connectivity index (χ3n) is 2.24. The first-order chi connectivity index (χ1) is 8.13. The van der Waals surface area contributed by atoms with Gasteiger partial charge in [0.1, 0.15) is 0 Å². The van der Waals surface area contributed by atoms with Crippen LogP contribution in [-0.2, 0) is 13.6 Å². The minimum Gasteiger partial charge on any atom is -0.619 e. The Morgan fingerprint density at radius 1 is 1.59 bits per heavy atom. The predicted molar refractivity (Wildman–Crippen MR) is 61.3 cm³/mol. The molecule has 0 bridgehead atoms. The third-order valence-corrected chi connectivity index (χ3v) is 2.72. The van der Waals surface area contributed by atoms with Gasteiger partial charge in [0.15, 0.2) is 22.5 Å². The Kier molecular flexibility index (Phi) is 3.16. The molecule has 2 aromatic heterocycles. The lowest BCUT2D eigenvalue weighted by Gasteiger charge is -2.03. The predicted octanol–water partition coefficient (Wildman–Crippen LogP) is -0.361. The van der Waals surface area contributed by atoms with Gasteiger partial charge < -0.3 is 10.3 Å². The molecule has 0 saturated heterocycles. The summed E-state index contributed by atoms with van der Waals surface area (Å²) in [5, 5.41) is 24.4. The van der Waals surface area contributed by atoms with Crippen molar-refractivity contribution in [3.8, 4) is 11.5 Å². The molecule has 7 nitrogen and oxygen atoms in total. The monoisotopic (exact) mass is 253 g/mol. The van der Waals surface area contributed by atoms with Crippen LogP contribution in [0.3, 0.4) is 0 Å². The van der Waals surface area contributed by atoms with Crippen molar-refractivity contribution in [2.45, 2.75) is 6.54 Å². The van der Waals surface area contributed by atoms with E-state index in [1.807, 2.05) is 0 Å². The first-order valence-corrected chi connectivity index (χ1v) is 5.34. The van der Waals surface area contributed by atoms with Gasteiger partial charge >= 0.3 is 0 Å². The molecule has 0 radical (unpaired) electrons. The van der Waals surface area contributed by atoms with Crippen LogP contribution < -0.4 is 4.73 Å². The molecular formula is C9H11N5O2S. The number of rotatable bonds is 3. The quantitative estimate of drug-likeness (QED) is 0.459. The summed E-state index contributed by atoms with van der Waals surface area (Å²) in [6.45, 7) is 0.259. The molecule has 90 valence electrons. The fourth-order valence-corrected chi connectivity index (χ4v) is 1.71. The molecule has 0 unspecified atom stereocenters. The van der Waals surface area contributed by atoms with Crippen molar-refractivity contribution >= 4 is 12.2 Å². The summed E-state index contributed by atoms with van der Waals surface area (Å²) < 4.78 is 4.25. The van der Waals surface area contributed by atoms with Crippen molar-refractivity contribution in [2.24, 2.45) is 7.05 Å². The van der Waals surface area contributed by atoms with Crippen molar-refractivity contribution in [3.63, 3.8) is 0 Å². The van der Waals surface area contributed by atoms with Crippen LogP contribution in [0.25, 0.3) is 11.5 Å². The van der Waals surface area contributed by atoms with Gasteiger partial charge in [0.25, 0.3) is 0 Å². The molecule has 2 aromatic rings. The fourth-order valence-electron chi connectivity index (χ4n) is 1.49. The normalized spacial score (nSPS) is 10.7. The number of hydrogen-bond donors (Lipinski definition) is 1. The van der Waals surface area contributed by atoms with Gasteiger partial charge in [-0.2, -0.15) is 4.73 Å². The van der Waals surface area contributed by atoms with Crippen molar-refractivity contribution in [3.05, 3.63) is 28.6 Å². The minimum atomic E-state index is -0.0583. The van der Waals surface area contributed by atoms with E-state index in [-0.39, 0.29) is 6.61 Å². The average molecular weight is 253 g/mol. The first-order valence-electron chi connectivity index (χ1n) is 4.93. The lowest BCUT2D eigenvalue weighted by molar-refractivity contribution is -0.605. The topological polar surface area (TPSA) is 82.8 Å². The SMILES string of the molecule is Cn1nc(-c2c[n+]([O-])ccn2)n(CCO)c1=S. The smallest absolute Gasteiger partial charge is 0.210 e. The van der Waals surface area contributed by atoms with Crippen LogP contribution in [0.2, 0.25) is 0 Å². The number of nitrogens with zero attached hydrogens (tertiary/aromatic N) is 5. The molecule has 2 rings (SSSR count). The maximum Gasteiger partial charge on any atom is 0.210 e. The van der Waals surface area contributed by atoms with E-state index in [2.05, 4.69) is 10.1 Å². The lowest BCUT2D eigenvalue weighted by atomic mass is 10.4. The minimum absolute atomic E-state index is 0.0583. The zero-order chi connectivity index (χ0) is 12.4. The van der Waals surface area contributed by atoms with E-state index in [1.165, 1.54) is 23.3 Å². The summed E-state index contributed by atoms with van der Waals surface area (Å²) in [6, 6.07) is 0. The summed E-state index contributed by atoms with van der Waals surface area (Å²) >= 11 is 5.15. The maximum absolute atomic E-state index is 11.2. The van der Waals surface area contributed by atoms with Crippen molar-refractivity contribution in [2.75, 3.05) is 6.61 Å². The van der Waals surface area contributed by atoms with Crippen molar-refractivity contribution in [1.29, 1.82) is 0 Å².